The fraction of sp³-hybridized carbons (Fsp3) is 0.476. The molecular formula is C21H28Cl2N4O3. The normalized spacial score (nSPS) is 14.1. The lowest BCUT2D eigenvalue weighted by atomic mass is 9.95. The van der Waals surface area contributed by atoms with Crippen molar-refractivity contribution in [2.45, 2.75) is 52.0 Å². The number of nitrogens with zero attached hydrogens (tertiary/aromatic N) is 1. The van der Waals surface area contributed by atoms with Crippen LogP contribution in [0.4, 0.5) is 5.69 Å². The molecule has 3 rings (SSSR count). The van der Waals surface area contributed by atoms with Crippen LogP contribution in [0.2, 0.25) is 10.0 Å². The van der Waals surface area contributed by atoms with Gasteiger partial charge in [0.15, 0.2) is 0 Å². The van der Waals surface area contributed by atoms with Crippen LogP contribution in [0.1, 0.15) is 66.8 Å². The average Bonchev–Trinajstić information content (AvgIpc) is 3.17. The summed E-state index contributed by atoms with van der Waals surface area (Å²) < 4.78 is 0. The molecule has 9 heteroatoms. The van der Waals surface area contributed by atoms with Crippen molar-refractivity contribution < 1.29 is 14.7 Å². The van der Waals surface area contributed by atoms with Gasteiger partial charge in [-0.25, -0.2) is 0 Å². The predicted octanol–water partition coefficient (Wildman–Crippen LogP) is 4.67. The summed E-state index contributed by atoms with van der Waals surface area (Å²) in [5.74, 6) is -0.344. The van der Waals surface area contributed by atoms with Gasteiger partial charge in [0.2, 0.25) is 0 Å². The van der Waals surface area contributed by atoms with Crippen molar-refractivity contribution in [1.29, 1.82) is 0 Å². The van der Waals surface area contributed by atoms with Gasteiger partial charge in [-0.3, -0.25) is 14.7 Å². The van der Waals surface area contributed by atoms with Crippen LogP contribution in [-0.4, -0.2) is 39.8 Å². The number of aromatic nitrogens is 2. The van der Waals surface area contributed by atoms with E-state index in [4.69, 9.17) is 28.3 Å². The van der Waals surface area contributed by atoms with E-state index in [0.29, 0.717) is 12.5 Å². The number of benzene rings is 1. The molecule has 0 aliphatic heterocycles. The fourth-order valence-electron chi connectivity index (χ4n) is 2.96. The molecule has 164 valence electrons. The fourth-order valence-corrected chi connectivity index (χ4v) is 3.53. The number of hydrogen-bond acceptors (Lipinski definition) is 4. The minimum Gasteiger partial charge on any atom is -0.396 e. The number of carbonyl (C=O) groups excluding carboxylic acids is 2. The maximum atomic E-state index is 12.5. The number of H-pyrrole nitrogens is 1. The summed E-state index contributed by atoms with van der Waals surface area (Å²) in [5.41, 5.74) is 0.655. The standard InChI is InChI=1S/C17H18Cl2N4O2.C4H10O/c18-11-7-4-8-12(19)14(11)16(24)22-13-9-20-23-15(13)17(25)21-10-5-2-1-3-6-10;1-4(2)3-5/h4,7-10H,1-3,5-6H2,(H,20,23)(H,21,25)(H,22,24);4-5H,3H2,1-2H3. The molecule has 1 heterocycles. The first-order valence-electron chi connectivity index (χ1n) is 10.0. The van der Waals surface area contributed by atoms with Gasteiger partial charge in [-0.2, -0.15) is 5.10 Å². The Morgan fingerprint density at radius 3 is 2.33 bits per heavy atom. The van der Waals surface area contributed by atoms with Gasteiger partial charge in [-0.05, 0) is 30.9 Å². The summed E-state index contributed by atoms with van der Waals surface area (Å²) in [7, 11) is 0. The third kappa shape index (κ3) is 7.00. The summed E-state index contributed by atoms with van der Waals surface area (Å²) in [5, 5.41) is 20.7. The van der Waals surface area contributed by atoms with E-state index in [1.807, 2.05) is 13.8 Å². The number of amides is 2. The Labute approximate surface area is 186 Å². The molecule has 0 spiro atoms. The van der Waals surface area contributed by atoms with Crippen LogP contribution in [-0.2, 0) is 0 Å². The molecular weight excluding hydrogens is 427 g/mol. The van der Waals surface area contributed by atoms with E-state index in [9.17, 15) is 9.59 Å². The Morgan fingerprint density at radius 2 is 1.77 bits per heavy atom. The molecule has 1 aliphatic carbocycles. The highest BCUT2D eigenvalue weighted by atomic mass is 35.5. The maximum Gasteiger partial charge on any atom is 0.271 e. The molecule has 1 aromatic carbocycles. The minimum absolute atomic E-state index is 0.158. The van der Waals surface area contributed by atoms with Gasteiger partial charge < -0.3 is 15.7 Å². The highest BCUT2D eigenvalue weighted by Crippen LogP contribution is 2.26. The summed E-state index contributed by atoms with van der Waals surface area (Å²) >= 11 is 12.1. The number of hydrogen-bond donors (Lipinski definition) is 4. The number of anilines is 1. The van der Waals surface area contributed by atoms with Crippen LogP contribution in [0, 0.1) is 5.92 Å². The minimum atomic E-state index is -0.497. The zero-order chi connectivity index (χ0) is 22.1. The molecule has 2 aromatic rings. The van der Waals surface area contributed by atoms with E-state index >= 15 is 0 Å². The highest BCUT2D eigenvalue weighted by Gasteiger charge is 2.22. The van der Waals surface area contributed by atoms with Gasteiger partial charge in [-0.1, -0.05) is 62.4 Å². The lowest BCUT2D eigenvalue weighted by Gasteiger charge is -2.22. The van der Waals surface area contributed by atoms with Crippen molar-refractivity contribution in [1.82, 2.24) is 15.5 Å². The molecule has 1 fully saturated rings. The third-order valence-corrected chi connectivity index (χ3v) is 5.24. The van der Waals surface area contributed by atoms with Crippen LogP contribution in [0.25, 0.3) is 0 Å². The van der Waals surface area contributed by atoms with Crippen molar-refractivity contribution in [3.63, 3.8) is 0 Å². The van der Waals surface area contributed by atoms with Crippen molar-refractivity contribution in [2.24, 2.45) is 5.92 Å². The molecule has 0 bridgehead atoms. The Balaban J connectivity index is 0.000000575. The van der Waals surface area contributed by atoms with Gasteiger partial charge in [0.25, 0.3) is 11.8 Å². The van der Waals surface area contributed by atoms with E-state index in [0.717, 1.165) is 25.7 Å². The van der Waals surface area contributed by atoms with Gasteiger partial charge >= 0.3 is 0 Å². The zero-order valence-electron chi connectivity index (χ0n) is 17.2. The second-order valence-electron chi connectivity index (χ2n) is 7.59. The highest BCUT2D eigenvalue weighted by molar-refractivity contribution is 6.40. The molecule has 30 heavy (non-hydrogen) atoms. The number of nitrogens with one attached hydrogen (secondary N) is 3. The first kappa shape index (κ1) is 24.2. The van der Waals surface area contributed by atoms with Gasteiger partial charge in [0.1, 0.15) is 5.69 Å². The average molecular weight is 455 g/mol. The van der Waals surface area contributed by atoms with Crippen LogP contribution in [0.15, 0.2) is 24.4 Å². The number of carbonyl (C=O) groups is 2. The summed E-state index contributed by atoms with van der Waals surface area (Å²) in [6.45, 7) is 4.25. The second-order valence-corrected chi connectivity index (χ2v) is 8.41. The Morgan fingerprint density at radius 1 is 1.17 bits per heavy atom. The quantitative estimate of drug-likeness (QED) is 0.526. The van der Waals surface area contributed by atoms with Crippen LogP contribution in [0.3, 0.4) is 0 Å². The molecule has 4 N–H and O–H groups in total. The largest absolute Gasteiger partial charge is 0.396 e. The van der Waals surface area contributed by atoms with Crippen LogP contribution < -0.4 is 10.6 Å². The number of aromatic amines is 1. The maximum absolute atomic E-state index is 12.5. The summed E-state index contributed by atoms with van der Waals surface area (Å²) in [4.78, 5) is 24.9. The molecule has 1 aromatic heterocycles. The van der Waals surface area contributed by atoms with Gasteiger partial charge in [0.05, 0.1) is 27.5 Å². The number of aliphatic hydroxyl groups is 1. The molecule has 0 radical (unpaired) electrons. The molecule has 1 saturated carbocycles. The Hall–Kier alpha value is -2.09. The van der Waals surface area contributed by atoms with E-state index in [1.54, 1.807) is 18.2 Å². The van der Waals surface area contributed by atoms with E-state index in [-0.39, 0.29) is 38.9 Å². The summed E-state index contributed by atoms with van der Waals surface area (Å²) in [6.07, 6.45) is 6.76. The molecule has 0 saturated heterocycles. The van der Waals surface area contributed by atoms with Crippen molar-refractivity contribution in [2.75, 3.05) is 11.9 Å². The van der Waals surface area contributed by atoms with E-state index < -0.39 is 5.91 Å². The summed E-state index contributed by atoms with van der Waals surface area (Å²) in [6, 6.07) is 4.97. The number of rotatable bonds is 5. The molecule has 0 unspecified atom stereocenters. The lowest BCUT2D eigenvalue weighted by molar-refractivity contribution is 0.0923. The van der Waals surface area contributed by atoms with E-state index in [2.05, 4.69) is 20.8 Å². The third-order valence-electron chi connectivity index (χ3n) is 4.61. The van der Waals surface area contributed by atoms with Crippen LogP contribution in [0.5, 0.6) is 0 Å². The molecule has 1 aliphatic rings. The SMILES string of the molecule is CC(C)CO.O=C(NC1CCCCC1)c1[nH]ncc1NC(=O)c1c(Cl)cccc1Cl. The monoisotopic (exact) mass is 454 g/mol. The van der Waals surface area contributed by atoms with Crippen molar-refractivity contribution in [3.05, 3.63) is 45.7 Å². The Kier molecular flexibility index (Phi) is 9.62. The molecule has 2 amide bonds. The predicted molar refractivity (Wildman–Crippen MR) is 119 cm³/mol. The van der Waals surface area contributed by atoms with E-state index in [1.165, 1.54) is 12.6 Å². The zero-order valence-corrected chi connectivity index (χ0v) is 18.7. The first-order chi connectivity index (χ1) is 14.3. The van der Waals surface area contributed by atoms with Crippen LogP contribution >= 0.6 is 23.2 Å². The topological polar surface area (TPSA) is 107 Å². The number of aliphatic hydroxyl groups excluding tert-OH is 1. The van der Waals surface area contributed by atoms with Gasteiger partial charge in [-0.15, -0.1) is 0 Å². The van der Waals surface area contributed by atoms with Gasteiger partial charge in [0, 0.05) is 12.6 Å². The first-order valence-corrected chi connectivity index (χ1v) is 10.8. The molecule has 7 nitrogen and oxygen atoms in total. The Bertz CT molecular complexity index is 828. The smallest absolute Gasteiger partial charge is 0.271 e. The molecule has 0 atom stereocenters. The van der Waals surface area contributed by atoms with Crippen molar-refractivity contribution in [3.8, 4) is 0 Å². The lowest BCUT2D eigenvalue weighted by Crippen LogP contribution is -2.36. The number of halogens is 2. The van der Waals surface area contributed by atoms with Crippen molar-refractivity contribution >= 4 is 40.7 Å². The second kappa shape index (κ2) is 11.9.